The lowest BCUT2D eigenvalue weighted by molar-refractivity contribution is -0.274. The highest BCUT2D eigenvalue weighted by Gasteiger charge is 2.30. The number of halogens is 5. The lowest BCUT2D eigenvalue weighted by atomic mass is 10.3. The smallest absolute Gasteiger partial charge is 0.406 e. The summed E-state index contributed by atoms with van der Waals surface area (Å²) in [5.41, 5.74) is 1.47. The van der Waals surface area contributed by atoms with Gasteiger partial charge in [-0.2, -0.15) is 0 Å². The summed E-state index contributed by atoms with van der Waals surface area (Å²) in [6, 6.07) is 10.3. The van der Waals surface area contributed by atoms with Crippen LogP contribution in [0.4, 0.5) is 24.7 Å². The predicted molar refractivity (Wildman–Crippen MR) is 86.0 cm³/mol. The average molecular weight is 374 g/mol. The zero-order valence-corrected chi connectivity index (χ0v) is 13.2. The van der Waals surface area contributed by atoms with Crippen molar-refractivity contribution in [1.29, 1.82) is 0 Å². The molecule has 0 saturated carbocycles. The predicted octanol–water partition coefficient (Wildman–Crippen LogP) is 5.58. The maximum Gasteiger partial charge on any atom is 0.573 e. The van der Waals surface area contributed by atoms with Gasteiger partial charge in [0.05, 0.1) is 10.5 Å². The monoisotopic (exact) mass is 373 g/mol. The molecular weight excluding hydrogens is 366 g/mol. The summed E-state index contributed by atoms with van der Waals surface area (Å²) in [5, 5.41) is 3.40. The first kappa shape index (κ1) is 16.6. The number of anilines is 2. The van der Waals surface area contributed by atoms with E-state index in [1.807, 2.05) is 0 Å². The van der Waals surface area contributed by atoms with E-state index in [4.69, 9.17) is 23.2 Å². The van der Waals surface area contributed by atoms with Crippen molar-refractivity contribution in [3.05, 3.63) is 52.6 Å². The van der Waals surface area contributed by atoms with Gasteiger partial charge < -0.3 is 10.1 Å². The van der Waals surface area contributed by atoms with Gasteiger partial charge in [0.2, 0.25) is 0 Å². The normalized spacial score (nSPS) is 11.5. The van der Waals surface area contributed by atoms with Gasteiger partial charge in [-0.15, -0.1) is 13.2 Å². The number of para-hydroxylation sites is 1. The minimum Gasteiger partial charge on any atom is -0.406 e. The van der Waals surface area contributed by atoms with E-state index < -0.39 is 6.36 Å². The molecule has 124 valence electrons. The Morgan fingerprint density at radius 1 is 0.958 bits per heavy atom. The van der Waals surface area contributed by atoms with Crippen molar-refractivity contribution < 1.29 is 17.9 Å². The maximum absolute atomic E-state index is 12.1. The largest absolute Gasteiger partial charge is 0.573 e. The lowest BCUT2D eigenvalue weighted by Gasteiger charge is -2.11. The highest BCUT2D eigenvalue weighted by atomic mass is 35.5. The third-order valence-electron chi connectivity index (χ3n) is 2.95. The molecule has 1 aromatic heterocycles. The van der Waals surface area contributed by atoms with Gasteiger partial charge in [0.15, 0.2) is 11.0 Å². The summed E-state index contributed by atoms with van der Waals surface area (Å²) in [6.45, 7) is 0. The number of hydrogen-bond acceptors (Lipinski definition) is 4. The number of rotatable bonds is 3. The van der Waals surface area contributed by atoms with Gasteiger partial charge in [-0.1, -0.05) is 29.3 Å². The standard InChI is InChI=1S/C15H8Cl2F3N3O/c16-10-2-1-3-11-12(10)23-13(17)14(22-11)21-8-4-6-9(7-5-8)24-15(18,19)20/h1-7H,(H,21,22). The molecule has 4 nitrogen and oxygen atoms in total. The second-order valence-corrected chi connectivity index (χ2v) is 5.43. The van der Waals surface area contributed by atoms with Crippen molar-refractivity contribution in [3.63, 3.8) is 0 Å². The molecule has 0 radical (unpaired) electrons. The fraction of sp³-hybridized carbons (Fsp3) is 0.0667. The first-order valence-electron chi connectivity index (χ1n) is 6.56. The zero-order chi connectivity index (χ0) is 17.3. The van der Waals surface area contributed by atoms with Crippen LogP contribution in [0.15, 0.2) is 42.5 Å². The highest BCUT2D eigenvalue weighted by Crippen LogP contribution is 2.29. The third-order valence-corrected chi connectivity index (χ3v) is 3.52. The number of alkyl halides is 3. The van der Waals surface area contributed by atoms with Crippen LogP contribution in [0.2, 0.25) is 10.2 Å². The highest BCUT2D eigenvalue weighted by molar-refractivity contribution is 6.36. The van der Waals surface area contributed by atoms with E-state index in [1.165, 1.54) is 24.3 Å². The van der Waals surface area contributed by atoms with E-state index in [2.05, 4.69) is 20.0 Å². The van der Waals surface area contributed by atoms with E-state index in [-0.39, 0.29) is 16.7 Å². The number of hydrogen-bond donors (Lipinski definition) is 1. The number of nitrogens with zero attached hydrogens (tertiary/aromatic N) is 2. The van der Waals surface area contributed by atoms with Crippen molar-refractivity contribution >= 4 is 45.7 Å². The van der Waals surface area contributed by atoms with Crippen LogP contribution in [0.5, 0.6) is 5.75 Å². The topological polar surface area (TPSA) is 47.0 Å². The van der Waals surface area contributed by atoms with Crippen molar-refractivity contribution in [2.45, 2.75) is 6.36 Å². The summed E-state index contributed by atoms with van der Waals surface area (Å²) >= 11 is 12.1. The zero-order valence-electron chi connectivity index (χ0n) is 11.7. The number of nitrogens with one attached hydrogen (secondary N) is 1. The van der Waals surface area contributed by atoms with Crippen LogP contribution in [0.3, 0.4) is 0 Å². The molecule has 2 aromatic carbocycles. The van der Waals surface area contributed by atoms with E-state index in [9.17, 15) is 13.2 Å². The minimum absolute atomic E-state index is 0.0891. The van der Waals surface area contributed by atoms with Crippen LogP contribution in [-0.4, -0.2) is 16.3 Å². The first-order chi connectivity index (χ1) is 11.3. The molecule has 24 heavy (non-hydrogen) atoms. The molecule has 0 amide bonds. The summed E-state index contributed by atoms with van der Waals surface area (Å²) < 4.78 is 40.2. The summed E-state index contributed by atoms with van der Waals surface area (Å²) in [7, 11) is 0. The fourth-order valence-electron chi connectivity index (χ4n) is 1.98. The quantitative estimate of drug-likeness (QED) is 0.650. The van der Waals surface area contributed by atoms with Crippen LogP contribution in [-0.2, 0) is 0 Å². The maximum atomic E-state index is 12.1. The van der Waals surface area contributed by atoms with Gasteiger partial charge >= 0.3 is 6.36 Å². The Hall–Kier alpha value is -2.25. The molecule has 0 atom stereocenters. The van der Waals surface area contributed by atoms with Gasteiger partial charge in [0.1, 0.15) is 11.3 Å². The Morgan fingerprint density at radius 2 is 1.67 bits per heavy atom. The molecule has 0 unspecified atom stereocenters. The molecule has 0 aliphatic heterocycles. The van der Waals surface area contributed by atoms with Crippen LogP contribution < -0.4 is 10.1 Å². The third kappa shape index (κ3) is 3.80. The number of benzene rings is 2. The SMILES string of the molecule is FC(F)(F)Oc1ccc(Nc2nc3cccc(Cl)c3nc2Cl)cc1. The van der Waals surface area contributed by atoms with Crippen molar-refractivity contribution in [2.24, 2.45) is 0 Å². The molecule has 0 spiro atoms. The number of aromatic nitrogens is 2. The average Bonchev–Trinajstić information content (AvgIpc) is 2.50. The van der Waals surface area contributed by atoms with E-state index in [0.717, 1.165) is 0 Å². The molecule has 9 heteroatoms. The van der Waals surface area contributed by atoms with Gasteiger partial charge in [0.25, 0.3) is 0 Å². The molecule has 0 aliphatic rings. The summed E-state index contributed by atoms with van der Waals surface area (Å²) in [6.07, 6.45) is -4.73. The van der Waals surface area contributed by atoms with Crippen LogP contribution >= 0.6 is 23.2 Å². The number of fused-ring (bicyclic) bond motifs is 1. The van der Waals surface area contributed by atoms with Gasteiger partial charge in [-0.25, -0.2) is 9.97 Å². The second kappa shape index (κ2) is 6.33. The van der Waals surface area contributed by atoms with Crippen LogP contribution in [0.1, 0.15) is 0 Å². The molecule has 3 rings (SSSR count). The summed E-state index contributed by atoms with van der Waals surface area (Å²) in [5.74, 6) is -0.0635. The van der Waals surface area contributed by atoms with Crippen molar-refractivity contribution in [1.82, 2.24) is 9.97 Å². The molecule has 0 fully saturated rings. The minimum atomic E-state index is -4.73. The van der Waals surface area contributed by atoms with E-state index >= 15 is 0 Å². The van der Waals surface area contributed by atoms with Crippen molar-refractivity contribution in [2.75, 3.05) is 5.32 Å². The van der Waals surface area contributed by atoms with E-state index in [1.54, 1.807) is 18.2 Å². The summed E-state index contributed by atoms with van der Waals surface area (Å²) in [4.78, 5) is 8.48. The fourth-order valence-corrected chi connectivity index (χ4v) is 2.36. The molecule has 0 bridgehead atoms. The van der Waals surface area contributed by atoms with Crippen LogP contribution in [0, 0.1) is 0 Å². The molecular formula is C15H8Cl2F3N3O. The molecule has 3 aromatic rings. The molecule has 0 aliphatic carbocycles. The Labute approximate surface area is 144 Å². The lowest BCUT2D eigenvalue weighted by Crippen LogP contribution is -2.16. The van der Waals surface area contributed by atoms with Gasteiger partial charge in [-0.05, 0) is 36.4 Å². The second-order valence-electron chi connectivity index (χ2n) is 4.67. The van der Waals surface area contributed by atoms with Gasteiger partial charge in [-0.3, -0.25) is 0 Å². The molecule has 1 heterocycles. The number of ether oxygens (including phenoxy) is 1. The van der Waals surface area contributed by atoms with Crippen molar-refractivity contribution in [3.8, 4) is 5.75 Å². The van der Waals surface area contributed by atoms with Gasteiger partial charge in [0, 0.05) is 5.69 Å². The Morgan fingerprint density at radius 3 is 2.33 bits per heavy atom. The van der Waals surface area contributed by atoms with Crippen LogP contribution in [0.25, 0.3) is 11.0 Å². The first-order valence-corrected chi connectivity index (χ1v) is 7.32. The Balaban J connectivity index is 1.86. The Kier molecular flexibility index (Phi) is 4.38. The Bertz CT molecular complexity index is 886. The molecule has 0 saturated heterocycles. The van der Waals surface area contributed by atoms with E-state index in [0.29, 0.717) is 21.7 Å². The molecule has 1 N–H and O–H groups in total.